The van der Waals surface area contributed by atoms with Crippen molar-refractivity contribution >= 4 is 17.7 Å². The summed E-state index contributed by atoms with van der Waals surface area (Å²) < 4.78 is 5.06. The second-order valence-corrected chi connectivity index (χ2v) is 4.29. The first-order valence-corrected chi connectivity index (χ1v) is 5.65. The quantitative estimate of drug-likeness (QED) is 0.690. The smallest absolute Gasteiger partial charge is 0.333 e. The molecule has 0 heterocycles. The van der Waals surface area contributed by atoms with E-state index in [4.69, 9.17) is 9.84 Å². The van der Waals surface area contributed by atoms with Crippen LogP contribution in [0.3, 0.4) is 0 Å². The zero-order valence-electron chi connectivity index (χ0n) is 8.45. The van der Waals surface area contributed by atoms with Crippen molar-refractivity contribution in [2.75, 3.05) is 18.1 Å². The summed E-state index contributed by atoms with van der Waals surface area (Å²) in [5.41, 5.74) is 0. The van der Waals surface area contributed by atoms with Crippen LogP contribution in [0, 0.1) is 5.92 Å². The molecule has 0 aliphatic carbocycles. The lowest BCUT2D eigenvalue weighted by atomic mass is 10.3. The van der Waals surface area contributed by atoms with Crippen molar-refractivity contribution < 1.29 is 14.6 Å². The normalized spacial score (nSPS) is 13.2. The average molecular weight is 206 g/mol. The summed E-state index contributed by atoms with van der Waals surface area (Å²) in [6.45, 7) is 6.50. The van der Waals surface area contributed by atoms with E-state index in [0.29, 0.717) is 18.3 Å². The van der Waals surface area contributed by atoms with E-state index in [1.807, 2.05) is 6.92 Å². The summed E-state index contributed by atoms with van der Waals surface area (Å²) in [6, 6.07) is 0. The zero-order chi connectivity index (χ0) is 10.3. The number of rotatable bonds is 7. The molecule has 78 valence electrons. The highest BCUT2D eigenvalue weighted by Gasteiger charge is 2.16. The van der Waals surface area contributed by atoms with Crippen LogP contribution in [0.1, 0.15) is 20.8 Å². The molecule has 0 aromatic heterocycles. The SMILES string of the molecule is CCOC(CSCC(C)C)C(=O)O. The monoisotopic (exact) mass is 206 g/mol. The van der Waals surface area contributed by atoms with Crippen LogP contribution in [0.15, 0.2) is 0 Å². The molecule has 0 aliphatic heterocycles. The minimum absolute atomic E-state index is 0.458. The number of carboxylic acids is 1. The Bertz CT molecular complexity index is 148. The molecule has 0 saturated carbocycles. The molecular formula is C9H18O3S. The van der Waals surface area contributed by atoms with Gasteiger partial charge in [0, 0.05) is 12.4 Å². The zero-order valence-corrected chi connectivity index (χ0v) is 9.26. The molecule has 1 unspecified atom stereocenters. The molecule has 0 aromatic carbocycles. The highest BCUT2D eigenvalue weighted by molar-refractivity contribution is 7.99. The Morgan fingerprint density at radius 3 is 2.46 bits per heavy atom. The molecule has 0 spiro atoms. The van der Waals surface area contributed by atoms with Crippen molar-refractivity contribution in [3.63, 3.8) is 0 Å². The van der Waals surface area contributed by atoms with E-state index in [0.717, 1.165) is 5.75 Å². The van der Waals surface area contributed by atoms with Crippen molar-refractivity contribution in [2.45, 2.75) is 26.9 Å². The van der Waals surface area contributed by atoms with Gasteiger partial charge in [-0.15, -0.1) is 0 Å². The van der Waals surface area contributed by atoms with Gasteiger partial charge in [-0.25, -0.2) is 4.79 Å². The maximum atomic E-state index is 10.6. The third-order valence-corrected chi connectivity index (χ3v) is 2.80. The molecule has 0 bridgehead atoms. The first kappa shape index (κ1) is 12.8. The maximum Gasteiger partial charge on any atom is 0.333 e. The molecule has 1 atom stereocenters. The third kappa shape index (κ3) is 6.90. The summed E-state index contributed by atoms with van der Waals surface area (Å²) in [5.74, 6) is 1.26. The van der Waals surface area contributed by atoms with Gasteiger partial charge in [0.05, 0.1) is 0 Å². The van der Waals surface area contributed by atoms with Crippen molar-refractivity contribution in [1.82, 2.24) is 0 Å². The fourth-order valence-electron chi connectivity index (χ4n) is 0.803. The Morgan fingerprint density at radius 2 is 2.08 bits per heavy atom. The van der Waals surface area contributed by atoms with Crippen LogP contribution in [0.5, 0.6) is 0 Å². The lowest BCUT2D eigenvalue weighted by Crippen LogP contribution is -2.26. The summed E-state index contributed by atoms with van der Waals surface area (Å²) in [4.78, 5) is 10.6. The van der Waals surface area contributed by atoms with E-state index in [1.165, 1.54) is 0 Å². The Balaban J connectivity index is 3.63. The van der Waals surface area contributed by atoms with Gasteiger partial charge in [-0.05, 0) is 18.6 Å². The fourth-order valence-corrected chi connectivity index (χ4v) is 1.86. The summed E-state index contributed by atoms with van der Waals surface area (Å²) >= 11 is 1.63. The van der Waals surface area contributed by atoms with Gasteiger partial charge in [-0.1, -0.05) is 13.8 Å². The number of hydrogen-bond acceptors (Lipinski definition) is 3. The minimum Gasteiger partial charge on any atom is -0.479 e. The van der Waals surface area contributed by atoms with Gasteiger partial charge in [0.1, 0.15) is 0 Å². The molecule has 0 rings (SSSR count). The van der Waals surface area contributed by atoms with Crippen LogP contribution in [-0.4, -0.2) is 35.3 Å². The first-order chi connectivity index (χ1) is 6.07. The van der Waals surface area contributed by atoms with Gasteiger partial charge in [-0.3, -0.25) is 0 Å². The Hall–Kier alpha value is -0.220. The molecule has 1 N–H and O–H groups in total. The van der Waals surface area contributed by atoms with E-state index in [-0.39, 0.29) is 0 Å². The van der Waals surface area contributed by atoms with E-state index in [1.54, 1.807) is 11.8 Å². The highest BCUT2D eigenvalue weighted by atomic mass is 32.2. The van der Waals surface area contributed by atoms with Crippen LogP contribution < -0.4 is 0 Å². The number of ether oxygens (including phenoxy) is 1. The molecule has 4 heteroatoms. The molecule has 3 nitrogen and oxygen atoms in total. The topological polar surface area (TPSA) is 46.5 Å². The second-order valence-electron chi connectivity index (χ2n) is 3.21. The standard InChI is InChI=1S/C9H18O3S/c1-4-12-8(9(10)11)6-13-5-7(2)3/h7-8H,4-6H2,1-3H3,(H,10,11). The molecule has 0 radical (unpaired) electrons. The van der Waals surface area contributed by atoms with Gasteiger partial charge in [0.25, 0.3) is 0 Å². The van der Waals surface area contributed by atoms with E-state index >= 15 is 0 Å². The van der Waals surface area contributed by atoms with E-state index in [2.05, 4.69) is 13.8 Å². The second kappa shape index (κ2) is 7.21. The fraction of sp³-hybridized carbons (Fsp3) is 0.889. The van der Waals surface area contributed by atoms with Crippen LogP contribution in [0.2, 0.25) is 0 Å². The van der Waals surface area contributed by atoms with Crippen LogP contribution in [0.4, 0.5) is 0 Å². The number of aliphatic carboxylic acids is 1. The highest BCUT2D eigenvalue weighted by Crippen LogP contribution is 2.10. The minimum atomic E-state index is -0.863. The first-order valence-electron chi connectivity index (χ1n) is 4.50. The Labute approximate surface area is 83.9 Å². The van der Waals surface area contributed by atoms with Crippen molar-refractivity contribution in [1.29, 1.82) is 0 Å². The van der Waals surface area contributed by atoms with Crippen LogP contribution in [-0.2, 0) is 9.53 Å². The number of hydrogen-bond donors (Lipinski definition) is 1. The summed E-state index contributed by atoms with van der Waals surface area (Å²) in [5, 5.41) is 8.73. The van der Waals surface area contributed by atoms with Gasteiger partial charge in [-0.2, -0.15) is 11.8 Å². The molecule has 13 heavy (non-hydrogen) atoms. The van der Waals surface area contributed by atoms with Crippen molar-refractivity contribution in [3.05, 3.63) is 0 Å². The summed E-state index contributed by atoms with van der Waals surface area (Å²) in [6.07, 6.45) is -0.645. The third-order valence-electron chi connectivity index (χ3n) is 1.36. The van der Waals surface area contributed by atoms with Crippen LogP contribution in [0.25, 0.3) is 0 Å². The summed E-state index contributed by atoms with van der Waals surface area (Å²) in [7, 11) is 0. The lowest BCUT2D eigenvalue weighted by molar-refractivity contribution is -0.148. The van der Waals surface area contributed by atoms with Crippen molar-refractivity contribution in [3.8, 4) is 0 Å². The molecule has 0 amide bonds. The number of carboxylic acid groups (broad SMARTS) is 1. The van der Waals surface area contributed by atoms with Gasteiger partial charge >= 0.3 is 5.97 Å². The average Bonchev–Trinajstić information content (AvgIpc) is 2.02. The van der Waals surface area contributed by atoms with Gasteiger partial charge in [0.2, 0.25) is 0 Å². The lowest BCUT2D eigenvalue weighted by Gasteiger charge is -2.12. The van der Waals surface area contributed by atoms with Crippen molar-refractivity contribution in [2.24, 2.45) is 5.92 Å². The Morgan fingerprint density at radius 1 is 1.46 bits per heavy atom. The molecule has 0 saturated heterocycles. The molecule has 0 aliphatic rings. The van der Waals surface area contributed by atoms with Gasteiger partial charge < -0.3 is 9.84 Å². The molecular weight excluding hydrogens is 188 g/mol. The molecule has 0 fully saturated rings. The molecule has 0 aromatic rings. The number of thioether (sulfide) groups is 1. The predicted octanol–water partition coefficient (Wildman–Crippen LogP) is 1.87. The van der Waals surface area contributed by atoms with Crippen LogP contribution >= 0.6 is 11.8 Å². The largest absolute Gasteiger partial charge is 0.479 e. The van der Waals surface area contributed by atoms with E-state index < -0.39 is 12.1 Å². The van der Waals surface area contributed by atoms with E-state index in [9.17, 15) is 4.79 Å². The Kier molecular flexibility index (Phi) is 7.09. The maximum absolute atomic E-state index is 10.6. The predicted molar refractivity (Wildman–Crippen MR) is 55.2 cm³/mol. The van der Waals surface area contributed by atoms with Gasteiger partial charge in [0.15, 0.2) is 6.10 Å². The number of carbonyl (C=O) groups is 1.